The highest BCUT2D eigenvalue weighted by atomic mass is 16.5. The molecule has 63 heavy (non-hydrogen) atoms. The maximum atomic E-state index is 13.4. The predicted molar refractivity (Wildman–Crippen MR) is 271 cm³/mol. The van der Waals surface area contributed by atoms with Crippen molar-refractivity contribution in [3.8, 4) is 0 Å². The van der Waals surface area contributed by atoms with Gasteiger partial charge in [0.05, 0.1) is 32.0 Å². The van der Waals surface area contributed by atoms with Gasteiger partial charge in [-0.25, -0.2) is 0 Å². The van der Waals surface area contributed by atoms with Crippen molar-refractivity contribution < 1.29 is 19.4 Å². The largest absolute Gasteiger partial charge is 0.394 e. The standard InChI is InChI=1S/C58H101NO4/c1-3-5-7-9-11-13-15-17-18-19-20-21-22-23-24-25-26-27-29-31-33-35-43-49-57(61)59-55(50-60)58(63-52-54-46-40-37-41-47-54)56(62-51-53-44-38-36-39-45-53)48-42-34-32-30-28-16-14-12-10-8-6-4-2/h36-41,44-47,55-56,58,60H,3-35,42-43,48-52H2,1-2H3,(H,59,61)/t55-,56+,58+/m1/s1. The highest BCUT2D eigenvalue weighted by molar-refractivity contribution is 5.76. The summed E-state index contributed by atoms with van der Waals surface area (Å²) < 4.78 is 13.3. The van der Waals surface area contributed by atoms with E-state index in [-0.39, 0.29) is 18.6 Å². The maximum absolute atomic E-state index is 13.4. The molecule has 0 aliphatic rings. The molecule has 5 heteroatoms. The number of carbonyl (C=O) groups excluding carboxylic acids is 1. The number of benzene rings is 2. The minimum atomic E-state index is -0.538. The zero-order chi connectivity index (χ0) is 44.9. The van der Waals surface area contributed by atoms with Crippen molar-refractivity contribution in [2.75, 3.05) is 6.61 Å². The van der Waals surface area contributed by atoms with Crippen LogP contribution in [0.25, 0.3) is 0 Å². The Morgan fingerprint density at radius 1 is 0.444 bits per heavy atom. The fraction of sp³-hybridized carbons (Fsp3) is 0.776. The summed E-state index contributed by atoms with van der Waals surface area (Å²) in [7, 11) is 0. The topological polar surface area (TPSA) is 67.8 Å². The fourth-order valence-electron chi connectivity index (χ4n) is 9.14. The van der Waals surface area contributed by atoms with Gasteiger partial charge in [-0.15, -0.1) is 0 Å². The number of nitrogens with one attached hydrogen (secondary N) is 1. The van der Waals surface area contributed by atoms with Crippen molar-refractivity contribution in [3.05, 3.63) is 71.8 Å². The van der Waals surface area contributed by atoms with Gasteiger partial charge in [0.15, 0.2) is 0 Å². The molecule has 1 amide bonds. The van der Waals surface area contributed by atoms with Crippen LogP contribution in [-0.4, -0.2) is 35.9 Å². The van der Waals surface area contributed by atoms with E-state index >= 15 is 0 Å². The summed E-state index contributed by atoms with van der Waals surface area (Å²) in [6.07, 6.45) is 47.5. The molecular formula is C58H101NO4. The molecule has 2 rings (SSSR count). The molecule has 0 unspecified atom stereocenters. The monoisotopic (exact) mass is 876 g/mol. The average Bonchev–Trinajstić information content (AvgIpc) is 3.31. The minimum Gasteiger partial charge on any atom is -0.394 e. The maximum Gasteiger partial charge on any atom is 0.220 e. The zero-order valence-electron chi connectivity index (χ0n) is 41.5. The SMILES string of the molecule is CCCCCCCCCCCCCCCCCCCCCCCCCC(=O)N[C@H](CO)[C@H](OCc1ccccc1)[C@H](CCCCCCCCCCCCCC)OCc1ccccc1. The van der Waals surface area contributed by atoms with Gasteiger partial charge in [-0.05, 0) is 24.0 Å². The highest BCUT2D eigenvalue weighted by Crippen LogP contribution is 2.22. The number of rotatable bonds is 47. The summed E-state index contributed by atoms with van der Waals surface area (Å²) in [6, 6.07) is 20.0. The number of aliphatic hydroxyl groups is 1. The second kappa shape index (κ2) is 43.7. The Kier molecular flexibility index (Phi) is 39.5. The average molecular weight is 876 g/mol. The third-order valence-electron chi connectivity index (χ3n) is 13.2. The summed E-state index contributed by atoms with van der Waals surface area (Å²) in [5.41, 5.74) is 2.19. The molecule has 0 saturated heterocycles. The molecule has 0 aliphatic heterocycles. The number of amides is 1. The lowest BCUT2D eigenvalue weighted by atomic mass is 9.98. The van der Waals surface area contributed by atoms with Gasteiger partial charge in [0.2, 0.25) is 5.91 Å². The molecule has 0 heterocycles. The van der Waals surface area contributed by atoms with Crippen molar-refractivity contribution in [3.63, 3.8) is 0 Å². The Bertz CT molecular complexity index is 1220. The summed E-state index contributed by atoms with van der Waals surface area (Å²) >= 11 is 0. The molecule has 0 saturated carbocycles. The molecule has 0 aromatic heterocycles. The molecule has 362 valence electrons. The van der Waals surface area contributed by atoms with E-state index in [4.69, 9.17) is 9.47 Å². The first-order chi connectivity index (χ1) is 31.2. The van der Waals surface area contributed by atoms with Crippen LogP contribution in [0.4, 0.5) is 0 Å². The van der Waals surface area contributed by atoms with E-state index in [0.29, 0.717) is 19.6 Å². The number of aliphatic hydroxyl groups excluding tert-OH is 1. The summed E-state index contributed by atoms with van der Waals surface area (Å²) in [4.78, 5) is 13.4. The molecule has 2 aromatic rings. The van der Waals surface area contributed by atoms with E-state index in [1.165, 1.54) is 199 Å². The number of ether oxygens (including phenoxy) is 2. The van der Waals surface area contributed by atoms with E-state index in [1.807, 2.05) is 36.4 Å². The Morgan fingerprint density at radius 2 is 0.762 bits per heavy atom. The van der Waals surface area contributed by atoms with Gasteiger partial charge in [0, 0.05) is 6.42 Å². The van der Waals surface area contributed by atoms with E-state index in [1.54, 1.807) is 0 Å². The van der Waals surface area contributed by atoms with Crippen molar-refractivity contribution in [1.29, 1.82) is 0 Å². The van der Waals surface area contributed by atoms with Crippen LogP contribution in [0, 0.1) is 0 Å². The van der Waals surface area contributed by atoms with Gasteiger partial charge in [-0.3, -0.25) is 4.79 Å². The summed E-state index contributed by atoms with van der Waals surface area (Å²) in [5, 5.41) is 14.0. The first-order valence-electron chi connectivity index (χ1n) is 27.4. The van der Waals surface area contributed by atoms with Crippen LogP contribution in [0.1, 0.15) is 263 Å². The van der Waals surface area contributed by atoms with Crippen molar-refractivity contribution >= 4 is 5.91 Å². The van der Waals surface area contributed by atoms with Gasteiger partial charge in [0.1, 0.15) is 6.10 Å². The first-order valence-corrected chi connectivity index (χ1v) is 27.4. The Morgan fingerprint density at radius 3 is 1.11 bits per heavy atom. The van der Waals surface area contributed by atoms with Crippen molar-refractivity contribution in [2.45, 2.75) is 283 Å². The quantitative estimate of drug-likeness (QED) is 0.0650. The van der Waals surface area contributed by atoms with Crippen LogP contribution in [0.2, 0.25) is 0 Å². The predicted octanol–water partition coefficient (Wildman–Crippen LogP) is 17.1. The van der Waals surface area contributed by atoms with Crippen LogP contribution >= 0.6 is 0 Å². The Labute approximate surface area is 390 Å². The van der Waals surface area contributed by atoms with Crippen LogP contribution in [0.15, 0.2) is 60.7 Å². The molecule has 3 atom stereocenters. The van der Waals surface area contributed by atoms with Gasteiger partial charge in [0.25, 0.3) is 0 Å². The molecule has 0 aliphatic carbocycles. The first kappa shape index (κ1) is 56.9. The van der Waals surface area contributed by atoms with E-state index < -0.39 is 12.1 Å². The number of hydrogen-bond donors (Lipinski definition) is 2. The van der Waals surface area contributed by atoms with Crippen molar-refractivity contribution in [2.24, 2.45) is 0 Å². The second-order valence-corrected chi connectivity index (χ2v) is 19.2. The molecule has 5 nitrogen and oxygen atoms in total. The Hall–Kier alpha value is -2.21. The lowest BCUT2D eigenvalue weighted by Crippen LogP contribution is -2.52. The molecule has 2 N–H and O–H groups in total. The molecule has 2 aromatic carbocycles. The molecular weight excluding hydrogens is 775 g/mol. The molecule has 0 radical (unpaired) electrons. The zero-order valence-corrected chi connectivity index (χ0v) is 41.5. The van der Waals surface area contributed by atoms with Crippen LogP contribution < -0.4 is 5.32 Å². The normalized spacial score (nSPS) is 13.0. The molecule has 0 fully saturated rings. The number of carbonyl (C=O) groups is 1. The van der Waals surface area contributed by atoms with Gasteiger partial charge in [-0.1, -0.05) is 293 Å². The third kappa shape index (κ3) is 33.9. The molecule has 0 bridgehead atoms. The van der Waals surface area contributed by atoms with Gasteiger partial charge in [-0.2, -0.15) is 0 Å². The van der Waals surface area contributed by atoms with Gasteiger partial charge >= 0.3 is 0 Å². The molecule has 0 spiro atoms. The summed E-state index contributed by atoms with van der Waals surface area (Å²) in [5.74, 6) is -0.00182. The highest BCUT2D eigenvalue weighted by Gasteiger charge is 2.32. The van der Waals surface area contributed by atoms with Crippen LogP contribution in [-0.2, 0) is 27.5 Å². The van der Waals surface area contributed by atoms with E-state index in [9.17, 15) is 9.90 Å². The number of hydrogen-bond acceptors (Lipinski definition) is 4. The van der Waals surface area contributed by atoms with Crippen molar-refractivity contribution in [1.82, 2.24) is 5.32 Å². The summed E-state index contributed by atoms with van der Waals surface area (Å²) in [6.45, 7) is 5.27. The van der Waals surface area contributed by atoms with Crippen LogP contribution in [0.3, 0.4) is 0 Å². The number of unbranched alkanes of at least 4 members (excludes halogenated alkanes) is 33. The third-order valence-corrected chi connectivity index (χ3v) is 13.2. The minimum absolute atomic E-state index is 0.00182. The second-order valence-electron chi connectivity index (χ2n) is 19.2. The smallest absolute Gasteiger partial charge is 0.220 e. The van der Waals surface area contributed by atoms with E-state index in [0.717, 1.165) is 43.2 Å². The van der Waals surface area contributed by atoms with E-state index in [2.05, 4.69) is 43.4 Å². The van der Waals surface area contributed by atoms with Gasteiger partial charge < -0.3 is 19.9 Å². The lowest BCUT2D eigenvalue weighted by Gasteiger charge is -2.33. The fourth-order valence-corrected chi connectivity index (χ4v) is 9.14. The Balaban J connectivity index is 1.68. The van der Waals surface area contributed by atoms with Crippen LogP contribution in [0.5, 0.6) is 0 Å². The lowest BCUT2D eigenvalue weighted by molar-refractivity contribution is -0.130.